The minimum absolute atomic E-state index is 0.158. The Kier molecular flexibility index (Phi) is 4.35. The third kappa shape index (κ3) is 3.47. The fraction of sp³-hybridized carbons (Fsp3) is 0.0625. The number of hydrogen-bond donors (Lipinski definition) is 1. The predicted octanol–water partition coefficient (Wildman–Crippen LogP) is 3.63. The van der Waals surface area contributed by atoms with Gasteiger partial charge in [-0.2, -0.15) is 0 Å². The van der Waals surface area contributed by atoms with Gasteiger partial charge in [-0.25, -0.2) is 0 Å². The monoisotopic (exact) mass is 346 g/mol. The number of fused-ring (bicyclic) bond motifs is 1. The lowest BCUT2D eigenvalue weighted by Crippen LogP contribution is -2.08. The average Bonchev–Trinajstić information content (AvgIpc) is 3.02. The van der Waals surface area contributed by atoms with Crippen LogP contribution in [0.5, 0.6) is 11.5 Å². The molecule has 122 valence electrons. The van der Waals surface area contributed by atoms with Crippen LogP contribution in [0.1, 0.15) is 5.56 Å². The Bertz CT molecular complexity index is 850. The van der Waals surface area contributed by atoms with Crippen LogP contribution in [0.3, 0.4) is 0 Å². The van der Waals surface area contributed by atoms with Gasteiger partial charge < -0.3 is 14.8 Å². The number of nitro groups is 1. The molecule has 0 saturated carbocycles. The summed E-state index contributed by atoms with van der Waals surface area (Å²) in [6.07, 6.45) is 2.88. The Morgan fingerprint density at radius 2 is 2.00 bits per heavy atom. The number of ether oxygens (including phenoxy) is 2. The van der Waals surface area contributed by atoms with Crippen LogP contribution in [0.2, 0.25) is 5.02 Å². The quantitative estimate of drug-likeness (QED) is 0.518. The van der Waals surface area contributed by atoms with E-state index < -0.39 is 10.8 Å². The number of nitro benzene ring substituents is 1. The molecule has 1 N–H and O–H groups in total. The lowest BCUT2D eigenvalue weighted by atomic mass is 10.2. The summed E-state index contributed by atoms with van der Waals surface area (Å²) in [5.74, 6) is 0.800. The average molecular weight is 347 g/mol. The largest absolute Gasteiger partial charge is 0.454 e. The Morgan fingerprint density at radius 1 is 1.21 bits per heavy atom. The number of carbonyl (C=O) groups is 1. The molecule has 1 heterocycles. The van der Waals surface area contributed by atoms with Gasteiger partial charge in [0, 0.05) is 18.2 Å². The van der Waals surface area contributed by atoms with Gasteiger partial charge in [-0.3, -0.25) is 14.9 Å². The molecule has 7 nitrogen and oxygen atoms in total. The molecule has 0 atom stereocenters. The fourth-order valence-corrected chi connectivity index (χ4v) is 2.25. The Hall–Kier alpha value is -3.06. The van der Waals surface area contributed by atoms with Crippen molar-refractivity contribution in [3.05, 3.63) is 63.2 Å². The number of anilines is 1. The first-order chi connectivity index (χ1) is 11.5. The molecule has 0 unspecified atom stereocenters. The molecule has 24 heavy (non-hydrogen) atoms. The molecular formula is C16H11ClN2O5. The summed E-state index contributed by atoms with van der Waals surface area (Å²) in [6.45, 7) is 0.175. The van der Waals surface area contributed by atoms with Gasteiger partial charge in [-0.05, 0) is 29.8 Å². The maximum Gasteiger partial charge on any atom is 0.271 e. The van der Waals surface area contributed by atoms with Gasteiger partial charge in [0.1, 0.15) is 0 Å². The molecule has 8 heteroatoms. The summed E-state index contributed by atoms with van der Waals surface area (Å²) in [5.41, 5.74) is 0.764. The zero-order valence-electron chi connectivity index (χ0n) is 12.2. The minimum atomic E-state index is -0.561. The second-order valence-corrected chi connectivity index (χ2v) is 5.26. The highest BCUT2D eigenvalue weighted by molar-refractivity contribution is 6.34. The van der Waals surface area contributed by atoms with Crippen molar-refractivity contribution in [2.45, 2.75) is 0 Å². The van der Waals surface area contributed by atoms with Crippen LogP contribution >= 0.6 is 11.6 Å². The van der Waals surface area contributed by atoms with E-state index in [-0.39, 0.29) is 23.2 Å². The van der Waals surface area contributed by atoms with E-state index in [2.05, 4.69) is 5.32 Å². The smallest absolute Gasteiger partial charge is 0.271 e. The maximum atomic E-state index is 12.0. The molecule has 0 spiro atoms. The van der Waals surface area contributed by atoms with Gasteiger partial charge in [-0.15, -0.1) is 0 Å². The van der Waals surface area contributed by atoms with Crippen LogP contribution in [-0.2, 0) is 4.79 Å². The van der Waals surface area contributed by atoms with E-state index in [1.807, 2.05) is 0 Å². The molecular weight excluding hydrogens is 336 g/mol. The SMILES string of the molecule is O=C(/C=C/c1ccc2c(c1)OCO2)Nc1cc([N+](=O)[O-])ccc1Cl. The van der Waals surface area contributed by atoms with Crippen molar-refractivity contribution in [1.82, 2.24) is 0 Å². The van der Waals surface area contributed by atoms with Gasteiger partial charge in [0.05, 0.1) is 15.6 Å². The number of nitrogens with zero attached hydrogens (tertiary/aromatic N) is 1. The number of benzene rings is 2. The Labute approximate surface area is 141 Å². The van der Waals surface area contributed by atoms with Gasteiger partial charge >= 0.3 is 0 Å². The van der Waals surface area contributed by atoms with Gasteiger partial charge in [0.25, 0.3) is 5.69 Å². The zero-order valence-corrected chi connectivity index (χ0v) is 12.9. The number of amides is 1. The van der Waals surface area contributed by atoms with Crippen LogP contribution in [-0.4, -0.2) is 17.6 Å². The molecule has 1 aliphatic rings. The molecule has 0 bridgehead atoms. The van der Waals surface area contributed by atoms with E-state index >= 15 is 0 Å². The third-order valence-electron chi connectivity index (χ3n) is 3.24. The summed E-state index contributed by atoms with van der Waals surface area (Å²) in [6, 6.07) is 9.09. The molecule has 1 amide bonds. The third-order valence-corrected chi connectivity index (χ3v) is 3.57. The van der Waals surface area contributed by atoms with Crippen LogP contribution in [0.4, 0.5) is 11.4 Å². The first-order valence-electron chi connectivity index (χ1n) is 6.85. The van der Waals surface area contributed by atoms with E-state index in [1.165, 1.54) is 24.3 Å². The van der Waals surface area contributed by atoms with Crippen LogP contribution in [0.25, 0.3) is 6.08 Å². The van der Waals surface area contributed by atoms with Crippen molar-refractivity contribution >= 4 is 35.0 Å². The van der Waals surface area contributed by atoms with Gasteiger partial charge in [0.2, 0.25) is 12.7 Å². The highest BCUT2D eigenvalue weighted by atomic mass is 35.5. The second kappa shape index (κ2) is 6.59. The van der Waals surface area contributed by atoms with Crippen molar-refractivity contribution in [3.63, 3.8) is 0 Å². The van der Waals surface area contributed by atoms with Crippen molar-refractivity contribution in [1.29, 1.82) is 0 Å². The number of carbonyl (C=O) groups excluding carboxylic acids is 1. The summed E-state index contributed by atoms with van der Waals surface area (Å²) in [4.78, 5) is 22.2. The van der Waals surface area contributed by atoms with Gasteiger partial charge in [0.15, 0.2) is 11.5 Å². The number of non-ortho nitro benzene ring substituents is 1. The molecule has 2 aromatic carbocycles. The summed E-state index contributed by atoms with van der Waals surface area (Å²) >= 11 is 5.93. The molecule has 1 aliphatic heterocycles. The minimum Gasteiger partial charge on any atom is -0.454 e. The van der Waals surface area contributed by atoms with E-state index in [1.54, 1.807) is 24.3 Å². The van der Waals surface area contributed by atoms with Crippen molar-refractivity contribution in [3.8, 4) is 11.5 Å². The lowest BCUT2D eigenvalue weighted by molar-refractivity contribution is -0.384. The molecule has 2 aromatic rings. The predicted molar refractivity (Wildman–Crippen MR) is 88.3 cm³/mol. The number of nitrogens with one attached hydrogen (secondary N) is 1. The Balaban J connectivity index is 1.71. The highest BCUT2D eigenvalue weighted by Crippen LogP contribution is 2.32. The number of hydrogen-bond acceptors (Lipinski definition) is 5. The normalized spacial score (nSPS) is 12.4. The number of halogens is 1. The zero-order chi connectivity index (χ0) is 17.1. The van der Waals surface area contributed by atoms with E-state index in [0.29, 0.717) is 11.5 Å². The lowest BCUT2D eigenvalue weighted by Gasteiger charge is -2.04. The van der Waals surface area contributed by atoms with Crippen LogP contribution < -0.4 is 14.8 Å². The Morgan fingerprint density at radius 3 is 2.79 bits per heavy atom. The molecule has 0 aliphatic carbocycles. The van der Waals surface area contributed by atoms with Crippen molar-refractivity contribution < 1.29 is 19.2 Å². The summed E-state index contributed by atoms with van der Waals surface area (Å²) in [7, 11) is 0. The summed E-state index contributed by atoms with van der Waals surface area (Å²) in [5, 5.41) is 13.5. The van der Waals surface area contributed by atoms with Gasteiger partial charge in [-0.1, -0.05) is 17.7 Å². The van der Waals surface area contributed by atoms with Crippen molar-refractivity contribution in [2.75, 3.05) is 12.1 Å². The first-order valence-corrected chi connectivity index (χ1v) is 7.23. The number of rotatable bonds is 4. The molecule has 0 fully saturated rings. The molecule has 0 saturated heterocycles. The molecule has 0 radical (unpaired) electrons. The van der Waals surface area contributed by atoms with Crippen LogP contribution in [0, 0.1) is 10.1 Å². The first kappa shape index (κ1) is 15.8. The second-order valence-electron chi connectivity index (χ2n) is 4.86. The van der Waals surface area contributed by atoms with E-state index in [4.69, 9.17) is 21.1 Å². The standard InChI is InChI=1S/C16H11ClN2O5/c17-12-4-3-11(19(21)22)8-13(12)18-16(20)6-2-10-1-5-14-15(7-10)24-9-23-14/h1-8H,9H2,(H,18,20)/b6-2+. The van der Waals surface area contributed by atoms with E-state index in [0.717, 1.165) is 5.56 Å². The highest BCUT2D eigenvalue weighted by Gasteiger charge is 2.13. The van der Waals surface area contributed by atoms with E-state index in [9.17, 15) is 14.9 Å². The van der Waals surface area contributed by atoms with Crippen molar-refractivity contribution in [2.24, 2.45) is 0 Å². The van der Waals surface area contributed by atoms with Crippen LogP contribution in [0.15, 0.2) is 42.5 Å². The summed E-state index contributed by atoms with van der Waals surface area (Å²) < 4.78 is 10.5. The topological polar surface area (TPSA) is 90.7 Å². The fourth-order valence-electron chi connectivity index (χ4n) is 2.09. The molecule has 0 aromatic heterocycles. The molecule has 3 rings (SSSR count). The maximum absolute atomic E-state index is 12.0.